The van der Waals surface area contributed by atoms with E-state index in [4.69, 9.17) is 19.4 Å². The van der Waals surface area contributed by atoms with Gasteiger partial charge >= 0.3 is 0 Å². The van der Waals surface area contributed by atoms with Crippen LogP contribution in [-0.4, -0.2) is 15.0 Å². The van der Waals surface area contributed by atoms with E-state index in [1.54, 1.807) is 0 Å². The molecule has 0 N–H and O–H groups in total. The van der Waals surface area contributed by atoms with Gasteiger partial charge in [0.1, 0.15) is 11.2 Å². The van der Waals surface area contributed by atoms with Crippen LogP contribution in [0.1, 0.15) is 0 Å². The van der Waals surface area contributed by atoms with Gasteiger partial charge in [0.25, 0.3) is 0 Å². The first kappa shape index (κ1) is 31.6. The standard InChI is InChI=1S/C53H31N3O/c1-3-14-32(15-4-1)35-27-29-44(40-21-10-7-18-37(35)40)52-54-51(33-16-5-2-6-17-33)55-53(56-52)46-30-34(31-48-50(46)45-22-11-12-25-47(45)57-48)36-26-28-43-39-20-9-8-19-38(39)42-24-13-23-41(36)49(42)43/h1-31H. The van der Waals surface area contributed by atoms with Crippen molar-refractivity contribution in [2.45, 2.75) is 0 Å². The zero-order valence-electron chi connectivity index (χ0n) is 30.6. The highest BCUT2D eigenvalue weighted by molar-refractivity contribution is 6.20. The summed E-state index contributed by atoms with van der Waals surface area (Å²) in [6, 6.07) is 66.1. The molecular weight excluding hydrogens is 695 g/mol. The second-order valence-corrected chi connectivity index (χ2v) is 14.7. The van der Waals surface area contributed by atoms with Crippen molar-refractivity contribution in [2.24, 2.45) is 0 Å². The Morgan fingerprint density at radius 3 is 1.53 bits per heavy atom. The summed E-state index contributed by atoms with van der Waals surface area (Å²) in [7, 11) is 0. The second-order valence-electron chi connectivity index (χ2n) is 14.7. The Balaban J connectivity index is 1.13. The maximum atomic E-state index is 6.67. The molecule has 57 heavy (non-hydrogen) atoms. The predicted octanol–water partition coefficient (Wildman–Crippen LogP) is 14.1. The highest BCUT2D eigenvalue weighted by Crippen LogP contribution is 2.50. The normalized spacial score (nSPS) is 11.9. The van der Waals surface area contributed by atoms with Crippen LogP contribution < -0.4 is 0 Å². The van der Waals surface area contributed by atoms with Gasteiger partial charge in [0.2, 0.25) is 0 Å². The maximum absolute atomic E-state index is 6.67. The fourth-order valence-electron chi connectivity index (χ4n) is 8.94. The van der Waals surface area contributed by atoms with Crippen molar-refractivity contribution in [3.63, 3.8) is 0 Å². The lowest BCUT2D eigenvalue weighted by Gasteiger charge is -2.14. The van der Waals surface area contributed by atoms with Crippen LogP contribution in [0.5, 0.6) is 0 Å². The quantitative estimate of drug-likeness (QED) is 0.177. The van der Waals surface area contributed by atoms with Gasteiger partial charge in [-0.1, -0.05) is 164 Å². The van der Waals surface area contributed by atoms with Crippen molar-refractivity contribution < 1.29 is 4.42 Å². The Hall–Kier alpha value is -7.69. The number of rotatable bonds is 5. The molecule has 0 aliphatic heterocycles. The average Bonchev–Trinajstić information content (AvgIpc) is 3.83. The fraction of sp³-hybridized carbons (Fsp3) is 0. The van der Waals surface area contributed by atoms with E-state index in [-0.39, 0.29) is 0 Å². The maximum Gasteiger partial charge on any atom is 0.164 e. The van der Waals surface area contributed by atoms with Crippen molar-refractivity contribution in [3.8, 4) is 78.7 Å². The molecule has 0 unspecified atom stereocenters. The second kappa shape index (κ2) is 12.4. The van der Waals surface area contributed by atoms with Crippen LogP contribution in [0.3, 0.4) is 0 Å². The summed E-state index contributed by atoms with van der Waals surface area (Å²) in [5.74, 6) is 1.82. The topological polar surface area (TPSA) is 51.8 Å². The molecule has 0 bridgehead atoms. The molecule has 9 aromatic carbocycles. The van der Waals surface area contributed by atoms with E-state index in [0.717, 1.165) is 60.5 Å². The minimum atomic E-state index is 0.590. The van der Waals surface area contributed by atoms with Gasteiger partial charge in [0.15, 0.2) is 17.5 Å². The molecule has 11 aromatic rings. The highest BCUT2D eigenvalue weighted by Gasteiger charge is 2.25. The molecule has 0 radical (unpaired) electrons. The molecule has 2 heterocycles. The van der Waals surface area contributed by atoms with Gasteiger partial charge in [0, 0.05) is 27.5 Å². The molecule has 12 rings (SSSR count). The third-order valence-corrected chi connectivity index (χ3v) is 11.5. The van der Waals surface area contributed by atoms with Crippen LogP contribution in [0.15, 0.2) is 192 Å². The minimum Gasteiger partial charge on any atom is -0.456 e. The molecule has 1 aliphatic rings. The summed E-state index contributed by atoms with van der Waals surface area (Å²) in [6.07, 6.45) is 0. The third kappa shape index (κ3) is 4.91. The Bertz CT molecular complexity index is 3370. The van der Waals surface area contributed by atoms with Gasteiger partial charge in [-0.2, -0.15) is 0 Å². The van der Waals surface area contributed by atoms with Crippen molar-refractivity contribution in [2.75, 3.05) is 0 Å². The first-order valence-corrected chi connectivity index (χ1v) is 19.3. The number of hydrogen-bond acceptors (Lipinski definition) is 4. The lowest BCUT2D eigenvalue weighted by atomic mass is 9.92. The van der Waals surface area contributed by atoms with E-state index in [9.17, 15) is 0 Å². The molecule has 0 spiro atoms. The molecule has 0 saturated heterocycles. The van der Waals surface area contributed by atoms with Gasteiger partial charge in [-0.3, -0.25) is 0 Å². The summed E-state index contributed by atoms with van der Waals surface area (Å²) >= 11 is 0. The Kier molecular flexibility index (Phi) is 6.89. The van der Waals surface area contributed by atoms with Gasteiger partial charge in [-0.15, -0.1) is 0 Å². The molecule has 1 aliphatic carbocycles. The molecule has 264 valence electrons. The van der Waals surface area contributed by atoms with E-state index in [2.05, 4.69) is 158 Å². The van der Waals surface area contributed by atoms with Gasteiger partial charge < -0.3 is 4.42 Å². The SMILES string of the molecule is c1ccc(-c2nc(-c3ccc(-c4ccccc4)c4ccccc34)nc(-c3cc(-c4ccc5c6c(cccc46)-c4ccccc4-5)cc4oc5ccccc5c34)n2)cc1. The van der Waals surface area contributed by atoms with E-state index in [1.807, 2.05) is 30.3 Å². The zero-order chi connectivity index (χ0) is 37.5. The first-order valence-electron chi connectivity index (χ1n) is 19.3. The number of nitrogens with zero attached hydrogens (tertiary/aromatic N) is 3. The van der Waals surface area contributed by atoms with Crippen molar-refractivity contribution in [1.29, 1.82) is 0 Å². The number of fused-ring (bicyclic) bond motifs is 7. The number of para-hydroxylation sites is 1. The lowest BCUT2D eigenvalue weighted by molar-refractivity contribution is 0.669. The smallest absolute Gasteiger partial charge is 0.164 e. The molecule has 0 saturated carbocycles. The predicted molar refractivity (Wildman–Crippen MR) is 234 cm³/mol. The van der Waals surface area contributed by atoms with E-state index < -0.39 is 0 Å². The molecule has 0 atom stereocenters. The zero-order valence-corrected chi connectivity index (χ0v) is 30.6. The number of hydrogen-bond donors (Lipinski definition) is 0. The van der Waals surface area contributed by atoms with E-state index in [1.165, 1.54) is 44.2 Å². The Morgan fingerprint density at radius 1 is 0.263 bits per heavy atom. The van der Waals surface area contributed by atoms with Crippen molar-refractivity contribution >= 4 is 43.5 Å². The molecule has 4 heteroatoms. The summed E-state index contributed by atoms with van der Waals surface area (Å²) in [6.45, 7) is 0. The van der Waals surface area contributed by atoms with Crippen LogP contribution in [-0.2, 0) is 0 Å². The van der Waals surface area contributed by atoms with E-state index >= 15 is 0 Å². The monoisotopic (exact) mass is 725 g/mol. The van der Waals surface area contributed by atoms with Crippen molar-refractivity contribution in [3.05, 3.63) is 188 Å². The van der Waals surface area contributed by atoms with Crippen LogP contribution in [0, 0.1) is 0 Å². The van der Waals surface area contributed by atoms with Crippen LogP contribution in [0.25, 0.3) is 122 Å². The molecule has 0 fully saturated rings. The highest BCUT2D eigenvalue weighted by atomic mass is 16.3. The van der Waals surface area contributed by atoms with Gasteiger partial charge in [0.05, 0.1) is 0 Å². The molecule has 2 aromatic heterocycles. The summed E-state index contributed by atoms with van der Waals surface area (Å²) in [5, 5.41) is 6.70. The summed E-state index contributed by atoms with van der Waals surface area (Å²) < 4.78 is 6.67. The van der Waals surface area contributed by atoms with Gasteiger partial charge in [-0.05, 0) is 90.3 Å². The van der Waals surface area contributed by atoms with Crippen LogP contribution in [0.4, 0.5) is 0 Å². The Labute approximate surface area is 328 Å². The summed E-state index contributed by atoms with van der Waals surface area (Å²) in [4.78, 5) is 15.9. The Morgan fingerprint density at radius 2 is 0.772 bits per heavy atom. The first-order chi connectivity index (χ1) is 28.3. The number of aromatic nitrogens is 3. The molecular formula is C53H31N3O. The largest absolute Gasteiger partial charge is 0.456 e. The van der Waals surface area contributed by atoms with E-state index in [0.29, 0.717) is 17.5 Å². The number of furan rings is 1. The average molecular weight is 726 g/mol. The van der Waals surface area contributed by atoms with Gasteiger partial charge in [-0.25, -0.2) is 15.0 Å². The number of benzene rings is 9. The van der Waals surface area contributed by atoms with Crippen LogP contribution in [0.2, 0.25) is 0 Å². The lowest BCUT2D eigenvalue weighted by Crippen LogP contribution is -2.01. The minimum absolute atomic E-state index is 0.590. The third-order valence-electron chi connectivity index (χ3n) is 11.5. The fourth-order valence-corrected chi connectivity index (χ4v) is 8.94. The molecule has 4 nitrogen and oxygen atoms in total. The summed E-state index contributed by atoms with van der Waals surface area (Å²) in [5.41, 5.74) is 14.0. The molecule has 0 amide bonds. The van der Waals surface area contributed by atoms with Crippen LogP contribution >= 0.6 is 0 Å². The van der Waals surface area contributed by atoms with Crippen molar-refractivity contribution in [1.82, 2.24) is 15.0 Å².